The Kier molecular flexibility index (Phi) is 5.50. The standard InChI is InChI=1S/C19H13Cl3F3NO3S/c20-11-5-8(6-12(21)14(11)22)18(19(23,24)25)7-13(26-29-18)15-9-3-1-2-4-10(9)16(30-15)17(27)28/h5-6H,1-4,7H2,(H,27,28)/t18-/m0/s1. The van der Waals surface area contributed by atoms with Crippen molar-refractivity contribution in [3.8, 4) is 0 Å². The Balaban J connectivity index is 1.80. The first kappa shape index (κ1) is 21.7. The van der Waals surface area contributed by atoms with Crippen molar-refractivity contribution in [1.82, 2.24) is 0 Å². The monoisotopic (exact) mass is 497 g/mol. The Morgan fingerprint density at radius 2 is 1.73 bits per heavy atom. The smallest absolute Gasteiger partial charge is 0.435 e. The maximum absolute atomic E-state index is 14.2. The summed E-state index contributed by atoms with van der Waals surface area (Å²) in [6.07, 6.45) is -2.64. The van der Waals surface area contributed by atoms with Crippen LogP contribution in [0.3, 0.4) is 0 Å². The van der Waals surface area contributed by atoms with Crippen molar-refractivity contribution < 1.29 is 27.9 Å². The van der Waals surface area contributed by atoms with E-state index in [1.165, 1.54) is 0 Å². The first-order valence-corrected chi connectivity index (χ1v) is 10.8. The van der Waals surface area contributed by atoms with Crippen molar-refractivity contribution in [3.63, 3.8) is 0 Å². The lowest BCUT2D eigenvalue weighted by Crippen LogP contribution is -2.42. The molecule has 0 unspecified atom stereocenters. The summed E-state index contributed by atoms with van der Waals surface area (Å²) < 4.78 is 42.7. The largest absolute Gasteiger partial charge is 0.477 e. The molecule has 1 aliphatic carbocycles. The highest BCUT2D eigenvalue weighted by Crippen LogP contribution is 2.51. The number of rotatable bonds is 3. The minimum Gasteiger partial charge on any atom is -0.477 e. The third-order valence-corrected chi connectivity index (χ3v) is 7.82. The molecule has 0 radical (unpaired) electrons. The summed E-state index contributed by atoms with van der Waals surface area (Å²) in [6.45, 7) is 0. The molecule has 4 nitrogen and oxygen atoms in total. The number of carboxylic acids is 1. The summed E-state index contributed by atoms with van der Waals surface area (Å²) >= 11 is 18.7. The number of nitrogens with zero attached hydrogens (tertiary/aromatic N) is 1. The first-order valence-electron chi connectivity index (χ1n) is 8.90. The van der Waals surface area contributed by atoms with Gasteiger partial charge in [0.2, 0.25) is 0 Å². The van der Waals surface area contributed by atoms with E-state index in [1.807, 2.05) is 0 Å². The molecular weight excluding hydrogens is 486 g/mol. The lowest BCUT2D eigenvalue weighted by atomic mass is 9.85. The number of carboxylic acid groups (broad SMARTS) is 1. The van der Waals surface area contributed by atoms with Gasteiger partial charge in [-0.05, 0) is 48.9 Å². The van der Waals surface area contributed by atoms with Crippen LogP contribution >= 0.6 is 46.1 Å². The number of halogens is 6. The molecule has 11 heteroatoms. The van der Waals surface area contributed by atoms with Crippen LogP contribution in [-0.4, -0.2) is 23.0 Å². The molecule has 0 saturated carbocycles. The SMILES string of the molecule is O=C(O)c1sc(C2=NO[C@@](c3cc(Cl)c(Cl)c(Cl)c3)(C(F)(F)F)C2)c2c1CCCC2. The molecule has 160 valence electrons. The molecule has 0 fully saturated rings. The van der Waals surface area contributed by atoms with E-state index < -0.39 is 24.2 Å². The minimum absolute atomic E-state index is 0.0584. The van der Waals surface area contributed by atoms with Crippen LogP contribution in [0.1, 0.15) is 50.5 Å². The second kappa shape index (κ2) is 7.58. The summed E-state index contributed by atoms with van der Waals surface area (Å²) in [7, 11) is 0. The molecule has 0 bridgehead atoms. The van der Waals surface area contributed by atoms with E-state index in [2.05, 4.69) is 5.16 Å². The number of hydrogen-bond acceptors (Lipinski definition) is 4. The molecule has 4 rings (SSSR count). The third kappa shape index (κ3) is 3.38. The van der Waals surface area contributed by atoms with Gasteiger partial charge in [-0.3, -0.25) is 0 Å². The molecule has 1 aromatic heterocycles. The van der Waals surface area contributed by atoms with Crippen molar-refractivity contribution in [3.05, 3.63) is 53.6 Å². The van der Waals surface area contributed by atoms with Gasteiger partial charge in [0.1, 0.15) is 10.6 Å². The van der Waals surface area contributed by atoms with Crippen LogP contribution in [0.5, 0.6) is 0 Å². The van der Waals surface area contributed by atoms with Gasteiger partial charge in [-0.25, -0.2) is 4.79 Å². The number of thiophene rings is 1. The molecule has 0 spiro atoms. The zero-order valence-electron chi connectivity index (χ0n) is 15.1. The number of alkyl halides is 3. The van der Waals surface area contributed by atoms with E-state index in [9.17, 15) is 23.1 Å². The van der Waals surface area contributed by atoms with Crippen LogP contribution < -0.4 is 0 Å². The van der Waals surface area contributed by atoms with Crippen LogP contribution in [0, 0.1) is 0 Å². The fourth-order valence-electron chi connectivity index (χ4n) is 3.85. The van der Waals surface area contributed by atoms with Crippen molar-refractivity contribution in [2.75, 3.05) is 0 Å². The van der Waals surface area contributed by atoms with E-state index in [0.29, 0.717) is 23.3 Å². The highest BCUT2D eigenvalue weighted by molar-refractivity contribution is 7.16. The predicted molar refractivity (Wildman–Crippen MR) is 109 cm³/mol. The van der Waals surface area contributed by atoms with Crippen LogP contribution in [0.4, 0.5) is 13.2 Å². The molecule has 2 heterocycles. The molecular formula is C19H13Cl3F3NO3S. The number of hydrogen-bond donors (Lipinski definition) is 1. The lowest BCUT2D eigenvalue weighted by Gasteiger charge is -2.30. The summed E-state index contributed by atoms with van der Waals surface area (Å²) in [5, 5.41) is 12.9. The minimum atomic E-state index is -4.84. The molecule has 0 saturated heterocycles. The van der Waals surface area contributed by atoms with Gasteiger partial charge >= 0.3 is 12.1 Å². The van der Waals surface area contributed by atoms with Crippen molar-refractivity contribution in [2.45, 2.75) is 43.9 Å². The van der Waals surface area contributed by atoms with E-state index in [4.69, 9.17) is 39.6 Å². The summed E-state index contributed by atoms with van der Waals surface area (Å²) in [5.41, 5.74) is -1.63. The number of fused-ring (bicyclic) bond motifs is 1. The highest BCUT2D eigenvalue weighted by atomic mass is 35.5. The van der Waals surface area contributed by atoms with Crippen LogP contribution in [-0.2, 0) is 23.3 Å². The third-order valence-electron chi connectivity index (χ3n) is 5.31. The van der Waals surface area contributed by atoms with Crippen LogP contribution in [0.15, 0.2) is 17.3 Å². The zero-order valence-corrected chi connectivity index (χ0v) is 18.2. The van der Waals surface area contributed by atoms with Gasteiger partial charge < -0.3 is 9.94 Å². The molecule has 1 aliphatic heterocycles. The highest BCUT2D eigenvalue weighted by Gasteiger charge is 2.62. The summed E-state index contributed by atoms with van der Waals surface area (Å²) in [6, 6.07) is 2.13. The number of carbonyl (C=O) groups is 1. The maximum Gasteiger partial charge on any atom is 0.435 e. The second-order valence-electron chi connectivity index (χ2n) is 7.11. The van der Waals surface area contributed by atoms with Gasteiger partial charge in [0, 0.05) is 5.56 Å². The summed E-state index contributed by atoms with van der Waals surface area (Å²) in [4.78, 5) is 17.2. The van der Waals surface area contributed by atoms with Gasteiger partial charge in [-0.15, -0.1) is 11.3 Å². The van der Waals surface area contributed by atoms with E-state index in [0.717, 1.165) is 41.9 Å². The maximum atomic E-state index is 14.2. The normalized spacial score (nSPS) is 21.2. The van der Waals surface area contributed by atoms with Crippen molar-refractivity contribution >= 4 is 57.8 Å². The first-order chi connectivity index (χ1) is 14.0. The number of benzene rings is 1. The van der Waals surface area contributed by atoms with Gasteiger partial charge in [0.05, 0.1) is 26.4 Å². The average molecular weight is 499 g/mol. The van der Waals surface area contributed by atoms with Crippen molar-refractivity contribution in [1.29, 1.82) is 0 Å². The summed E-state index contributed by atoms with van der Waals surface area (Å²) in [5.74, 6) is -1.10. The number of oxime groups is 1. The Bertz CT molecular complexity index is 1060. The molecule has 1 atom stereocenters. The fraction of sp³-hybridized carbons (Fsp3) is 0.368. The number of aromatic carboxylic acids is 1. The van der Waals surface area contributed by atoms with E-state index in [-0.39, 0.29) is 31.2 Å². The second-order valence-corrected chi connectivity index (χ2v) is 9.33. The Labute approximate surface area is 188 Å². The van der Waals surface area contributed by atoms with Gasteiger partial charge in [0.25, 0.3) is 5.60 Å². The van der Waals surface area contributed by atoms with Gasteiger partial charge in [0.15, 0.2) is 0 Å². The lowest BCUT2D eigenvalue weighted by molar-refractivity contribution is -0.275. The van der Waals surface area contributed by atoms with Crippen molar-refractivity contribution in [2.24, 2.45) is 5.16 Å². The molecule has 0 amide bonds. The van der Waals surface area contributed by atoms with E-state index >= 15 is 0 Å². The predicted octanol–water partition coefficient (Wildman–Crippen LogP) is 6.87. The Hall–Kier alpha value is -1.48. The average Bonchev–Trinajstić information content (AvgIpc) is 3.28. The Morgan fingerprint density at radius 3 is 2.30 bits per heavy atom. The zero-order chi connectivity index (χ0) is 21.8. The Morgan fingerprint density at radius 1 is 1.13 bits per heavy atom. The van der Waals surface area contributed by atoms with Crippen LogP contribution in [0.2, 0.25) is 15.1 Å². The molecule has 1 N–H and O–H groups in total. The topological polar surface area (TPSA) is 58.9 Å². The van der Waals surface area contributed by atoms with E-state index in [1.54, 1.807) is 0 Å². The van der Waals surface area contributed by atoms with Gasteiger partial charge in [-0.1, -0.05) is 40.0 Å². The quantitative estimate of drug-likeness (QED) is 0.470. The molecule has 1 aromatic carbocycles. The van der Waals surface area contributed by atoms with Crippen LogP contribution in [0.25, 0.3) is 0 Å². The molecule has 2 aromatic rings. The molecule has 30 heavy (non-hydrogen) atoms. The van der Waals surface area contributed by atoms with Gasteiger partial charge in [-0.2, -0.15) is 13.2 Å². The molecule has 2 aliphatic rings. The fourth-order valence-corrected chi connectivity index (χ4v) is 5.66.